The van der Waals surface area contributed by atoms with Gasteiger partial charge in [0.15, 0.2) is 6.29 Å². The molecular formula is C12H7F3N2OS. The van der Waals surface area contributed by atoms with Gasteiger partial charge in [0.1, 0.15) is 10.1 Å². The van der Waals surface area contributed by atoms with Gasteiger partial charge >= 0.3 is 6.18 Å². The zero-order chi connectivity index (χ0) is 13.9. The Balaban J connectivity index is 2.12. The number of carbonyl (C=O) groups excluding carboxylic acids is 1. The Kier molecular flexibility index (Phi) is 3.84. The predicted octanol–water partition coefficient (Wildman–Crippen LogP) is 3.46. The predicted molar refractivity (Wildman–Crippen MR) is 63.0 cm³/mol. The molecule has 0 amide bonds. The Labute approximate surface area is 110 Å². The number of aromatic nitrogens is 2. The summed E-state index contributed by atoms with van der Waals surface area (Å²) in [6.45, 7) is 0. The van der Waals surface area contributed by atoms with Crippen molar-refractivity contribution in [3.63, 3.8) is 0 Å². The summed E-state index contributed by atoms with van der Waals surface area (Å²) in [7, 11) is 0. The van der Waals surface area contributed by atoms with E-state index in [0.29, 0.717) is 21.9 Å². The van der Waals surface area contributed by atoms with Crippen LogP contribution < -0.4 is 0 Å². The van der Waals surface area contributed by atoms with Crippen molar-refractivity contribution in [3.8, 4) is 0 Å². The first-order valence-corrected chi connectivity index (χ1v) is 5.93. The molecule has 0 saturated heterocycles. The summed E-state index contributed by atoms with van der Waals surface area (Å²) in [6, 6.07) is 5.43. The third kappa shape index (κ3) is 3.54. The minimum absolute atomic E-state index is 0.402. The van der Waals surface area contributed by atoms with Gasteiger partial charge in [0.2, 0.25) is 0 Å². The molecule has 0 atom stereocenters. The van der Waals surface area contributed by atoms with Crippen LogP contribution in [-0.4, -0.2) is 16.3 Å². The highest BCUT2D eigenvalue weighted by molar-refractivity contribution is 7.99. The van der Waals surface area contributed by atoms with Crippen LogP contribution in [0.3, 0.4) is 0 Å². The second kappa shape index (κ2) is 5.40. The molecule has 98 valence electrons. The van der Waals surface area contributed by atoms with Crippen LogP contribution >= 0.6 is 11.8 Å². The van der Waals surface area contributed by atoms with Crippen molar-refractivity contribution in [3.05, 3.63) is 47.8 Å². The Bertz CT molecular complexity index is 567. The van der Waals surface area contributed by atoms with Gasteiger partial charge < -0.3 is 0 Å². The van der Waals surface area contributed by atoms with Crippen LogP contribution in [0.15, 0.2) is 46.7 Å². The highest BCUT2D eigenvalue weighted by Gasteiger charge is 2.30. The van der Waals surface area contributed by atoms with Gasteiger partial charge in [-0.3, -0.25) is 4.79 Å². The van der Waals surface area contributed by atoms with Crippen molar-refractivity contribution >= 4 is 18.0 Å². The zero-order valence-electron chi connectivity index (χ0n) is 9.39. The quantitative estimate of drug-likeness (QED) is 0.809. The van der Waals surface area contributed by atoms with Crippen LogP contribution in [0.4, 0.5) is 13.2 Å². The fraction of sp³-hybridized carbons (Fsp3) is 0.0833. The van der Waals surface area contributed by atoms with Crippen molar-refractivity contribution < 1.29 is 18.0 Å². The maximum atomic E-state index is 12.3. The van der Waals surface area contributed by atoms with E-state index in [-0.39, 0.29) is 0 Å². The molecule has 2 aromatic rings. The maximum absolute atomic E-state index is 12.3. The van der Waals surface area contributed by atoms with Crippen LogP contribution in [0.1, 0.15) is 15.9 Å². The van der Waals surface area contributed by atoms with Crippen molar-refractivity contribution in [2.45, 2.75) is 16.2 Å². The van der Waals surface area contributed by atoms with E-state index in [0.717, 1.165) is 24.0 Å². The van der Waals surface area contributed by atoms with E-state index in [1.165, 1.54) is 12.3 Å². The van der Waals surface area contributed by atoms with Crippen molar-refractivity contribution in [2.24, 2.45) is 0 Å². The SMILES string of the molecule is O=Cc1ccc(Sc2ccc(C(F)(F)F)cn2)nc1. The number of carbonyl (C=O) groups is 1. The molecule has 7 heteroatoms. The molecular weight excluding hydrogens is 277 g/mol. The number of hydrogen-bond acceptors (Lipinski definition) is 4. The summed E-state index contributed by atoms with van der Waals surface area (Å²) in [5, 5.41) is 0.956. The number of halogens is 3. The molecule has 0 radical (unpaired) electrons. The van der Waals surface area contributed by atoms with Crippen molar-refractivity contribution in [1.29, 1.82) is 0 Å². The third-order valence-electron chi connectivity index (χ3n) is 2.17. The number of hydrogen-bond donors (Lipinski definition) is 0. The molecule has 0 aliphatic rings. The lowest BCUT2D eigenvalue weighted by molar-refractivity contribution is -0.137. The molecule has 19 heavy (non-hydrogen) atoms. The van der Waals surface area contributed by atoms with E-state index in [2.05, 4.69) is 9.97 Å². The first kappa shape index (κ1) is 13.5. The Morgan fingerprint density at radius 1 is 1.00 bits per heavy atom. The highest BCUT2D eigenvalue weighted by atomic mass is 32.2. The lowest BCUT2D eigenvalue weighted by Crippen LogP contribution is -2.05. The fourth-order valence-corrected chi connectivity index (χ4v) is 1.93. The van der Waals surface area contributed by atoms with E-state index in [9.17, 15) is 18.0 Å². The number of pyridine rings is 2. The summed E-state index contributed by atoms with van der Waals surface area (Å²) in [5.74, 6) is 0. The zero-order valence-corrected chi connectivity index (χ0v) is 10.2. The number of rotatable bonds is 3. The molecule has 2 aromatic heterocycles. The van der Waals surface area contributed by atoms with Crippen LogP contribution in [0, 0.1) is 0 Å². The summed E-state index contributed by atoms with van der Waals surface area (Å²) >= 11 is 1.12. The van der Waals surface area contributed by atoms with Crippen LogP contribution in [0.25, 0.3) is 0 Å². The number of nitrogens with zero attached hydrogens (tertiary/aromatic N) is 2. The van der Waals surface area contributed by atoms with Crippen LogP contribution in [0.5, 0.6) is 0 Å². The third-order valence-corrected chi connectivity index (χ3v) is 3.07. The molecule has 0 saturated carbocycles. The largest absolute Gasteiger partial charge is 0.417 e. The van der Waals surface area contributed by atoms with Crippen molar-refractivity contribution in [2.75, 3.05) is 0 Å². The van der Waals surface area contributed by atoms with Gasteiger partial charge in [0.05, 0.1) is 5.56 Å². The summed E-state index contributed by atoms with van der Waals surface area (Å²) in [5.41, 5.74) is -0.356. The average Bonchev–Trinajstić information content (AvgIpc) is 2.39. The normalized spacial score (nSPS) is 11.3. The first-order chi connectivity index (χ1) is 8.99. The standard InChI is InChI=1S/C12H7F3N2OS/c13-12(14,15)9-2-4-11(17-6-9)19-10-3-1-8(7-18)5-16-10/h1-7H. The van der Waals surface area contributed by atoms with Gasteiger partial charge in [0, 0.05) is 18.0 Å². The van der Waals surface area contributed by atoms with Crippen LogP contribution in [0.2, 0.25) is 0 Å². The van der Waals surface area contributed by atoms with Gasteiger partial charge in [-0.25, -0.2) is 9.97 Å². The molecule has 0 aliphatic heterocycles. The minimum atomic E-state index is -4.39. The molecule has 0 aromatic carbocycles. The molecule has 2 heterocycles. The summed E-state index contributed by atoms with van der Waals surface area (Å²) in [4.78, 5) is 18.1. The minimum Gasteiger partial charge on any atom is -0.298 e. The average molecular weight is 284 g/mol. The molecule has 3 nitrogen and oxygen atoms in total. The highest BCUT2D eigenvalue weighted by Crippen LogP contribution is 2.30. The van der Waals surface area contributed by atoms with E-state index in [1.807, 2.05) is 0 Å². The number of alkyl halides is 3. The van der Waals surface area contributed by atoms with Gasteiger partial charge in [-0.05, 0) is 24.3 Å². The summed E-state index contributed by atoms with van der Waals surface area (Å²) < 4.78 is 37.0. The first-order valence-electron chi connectivity index (χ1n) is 5.11. The Hall–Kier alpha value is -1.89. The molecule has 0 spiro atoms. The fourth-order valence-electron chi connectivity index (χ4n) is 1.24. The second-order valence-electron chi connectivity index (χ2n) is 3.53. The second-order valence-corrected chi connectivity index (χ2v) is 4.57. The van der Waals surface area contributed by atoms with E-state index < -0.39 is 11.7 Å². The lowest BCUT2D eigenvalue weighted by atomic mass is 10.3. The molecule has 0 bridgehead atoms. The summed E-state index contributed by atoms with van der Waals surface area (Å²) in [6.07, 6.45) is -1.56. The molecule has 0 fully saturated rings. The van der Waals surface area contributed by atoms with Gasteiger partial charge in [0.25, 0.3) is 0 Å². The Morgan fingerprint density at radius 2 is 1.63 bits per heavy atom. The molecule has 0 aliphatic carbocycles. The molecule has 0 unspecified atom stereocenters. The van der Waals surface area contributed by atoms with Crippen LogP contribution in [-0.2, 0) is 6.18 Å². The van der Waals surface area contributed by atoms with Gasteiger partial charge in [-0.1, -0.05) is 11.8 Å². The molecule has 0 N–H and O–H groups in total. The smallest absolute Gasteiger partial charge is 0.298 e. The Morgan fingerprint density at radius 3 is 2.05 bits per heavy atom. The van der Waals surface area contributed by atoms with E-state index in [4.69, 9.17) is 0 Å². The van der Waals surface area contributed by atoms with E-state index >= 15 is 0 Å². The lowest BCUT2D eigenvalue weighted by Gasteiger charge is -2.06. The number of aldehydes is 1. The monoisotopic (exact) mass is 284 g/mol. The van der Waals surface area contributed by atoms with Crippen molar-refractivity contribution in [1.82, 2.24) is 9.97 Å². The maximum Gasteiger partial charge on any atom is 0.417 e. The molecule has 2 rings (SSSR count). The topological polar surface area (TPSA) is 42.9 Å². The van der Waals surface area contributed by atoms with E-state index in [1.54, 1.807) is 12.1 Å². The van der Waals surface area contributed by atoms with Gasteiger partial charge in [-0.15, -0.1) is 0 Å². The van der Waals surface area contributed by atoms with Gasteiger partial charge in [-0.2, -0.15) is 13.2 Å².